The molecular formula is C14H26N2O. The molecule has 0 aromatic heterocycles. The van der Waals surface area contributed by atoms with Gasteiger partial charge in [-0.1, -0.05) is 19.3 Å². The Labute approximate surface area is 105 Å². The van der Waals surface area contributed by atoms with Crippen LogP contribution in [-0.4, -0.2) is 29.9 Å². The van der Waals surface area contributed by atoms with Crippen molar-refractivity contribution in [2.75, 3.05) is 13.1 Å². The Bertz CT molecular complexity index is 263. The summed E-state index contributed by atoms with van der Waals surface area (Å²) in [6.45, 7) is 3.90. The van der Waals surface area contributed by atoms with E-state index in [0.29, 0.717) is 5.91 Å². The van der Waals surface area contributed by atoms with Crippen LogP contribution in [0.25, 0.3) is 0 Å². The fraction of sp³-hybridized carbons (Fsp3) is 0.929. The zero-order chi connectivity index (χ0) is 12.3. The molecule has 2 rings (SSSR count). The third-order valence-electron chi connectivity index (χ3n) is 4.26. The van der Waals surface area contributed by atoms with Gasteiger partial charge in [0.1, 0.15) is 0 Å². The van der Waals surface area contributed by atoms with Gasteiger partial charge in [0.2, 0.25) is 5.91 Å². The van der Waals surface area contributed by atoms with Crippen LogP contribution < -0.4 is 5.73 Å². The topological polar surface area (TPSA) is 46.3 Å². The van der Waals surface area contributed by atoms with E-state index in [1.807, 2.05) is 4.90 Å². The molecule has 2 saturated carbocycles. The van der Waals surface area contributed by atoms with Crippen molar-refractivity contribution in [1.29, 1.82) is 0 Å². The molecule has 0 spiro atoms. The SMILES string of the molecule is CCN(CC1CC1)C(=O)C1CCCCCC1N. The molecule has 0 heterocycles. The quantitative estimate of drug-likeness (QED) is 0.763. The number of amides is 1. The number of carbonyl (C=O) groups is 1. The predicted molar refractivity (Wildman–Crippen MR) is 69.5 cm³/mol. The lowest BCUT2D eigenvalue weighted by Crippen LogP contribution is -2.44. The van der Waals surface area contributed by atoms with Gasteiger partial charge in [-0.3, -0.25) is 4.79 Å². The first kappa shape index (κ1) is 12.9. The van der Waals surface area contributed by atoms with Crippen molar-refractivity contribution in [2.24, 2.45) is 17.6 Å². The Hall–Kier alpha value is -0.570. The monoisotopic (exact) mass is 238 g/mol. The van der Waals surface area contributed by atoms with Crippen LogP contribution in [0.15, 0.2) is 0 Å². The highest BCUT2D eigenvalue weighted by Gasteiger charge is 2.32. The molecule has 0 aromatic carbocycles. The average molecular weight is 238 g/mol. The molecule has 0 saturated heterocycles. The van der Waals surface area contributed by atoms with E-state index in [2.05, 4.69) is 6.92 Å². The van der Waals surface area contributed by atoms with E-state index in [1.54, 1.807) is 0 Å². The van der Waals surface area contributed by atoms with E-state index >= 15 is 0 Å². The van der Waals surface area contributed by atoms with Crippen LogP contribution in [0.4, 0.5) is 0 Å². The molecule has 0 radical (unpaired) electrons. The highest BCUT2D eigenvalue weighted by atomic mass is 16.2. The third-order valence-corrected chi connectivity index (χ3v) is 4.26. The number of rotatable bonds is 4. The van der Waals surface area contributed by atoms with Gasteiger partial charge in [-0.15, -0.1) is 0 Å². The van der Waals surface area contributed by atoms with E-state index in [9.17, 15) is 4.79 Å². The summed E-state index contributed by atoms with van der Waals surface area (Å²) in [6.07, 6.45) is 8.25. The van der Waals surface area contributed by atoms with Gasteiger partial charge in [0, 0.05) is 19.1 Å². The molecule has 3 nitrogen and oxygen atoms in total. The molecule has 0 aliphatic heterocycles. The molecule has 0 aromatic rings. The number of nitrogens with two attached hydrogens (primary N) is 1. The fourth-order valence-electron chi connectivity index (χ4n) is 2.86. The van der Waals surface area contributed by atoms with Gasteiger partial charge in [-0.25, -0.2) is 0 Å². The fourth-order valence-corrected chi connectivity index (χ4v) is 2.86. The Morgan fingerprint density at radius 1 is 1.18 bits per heavy atom. The predicted octanol–water partition coefficient (Wildman–Crippen LogP) is 2.15. The molecule has 2 unspecified atom stereocenters. The number of hydrogen-bond donors (Lipinski definition) is 1. The molecule has 2 N–H and O–H groups in total. The van der Waals surface area contributed by atoms with Gasteiger partial charge in [0.05, 0.1) is 5.92 Å². The molecule has 1 amide bonds. The first-order valence-electron chi connectivity index (χ1n) is 7.26. The molecule has 17 heavy (non-hydrogen) atoms. The van der Waals surface area contributed by atoms with Crippen molar-refractivity contribution in [3.63, 3.8) is 0 Å². The van der Waals surface area contributed by atoms with E-state index < -0.39 is 0 Å². The van der Waals surface area contributed by atoms with Gasteiger partial charge >= 0.3 is 0 Å². The van der Waals surface area contributed by atoms with Crippen LogP contribution in [0.2, 0.25) is 0 Å². The molecule has 2 atom stereocenters. The highest BCUT2D eigenvalue weighted by Crippen LogP contribution is 2.31. The van der Waals surface area contributed by atoms with E-state index in [4.69, 9.17) is 5.73 Å². The molecule has 3 heteroatoms. The Balaban J connectivity index is 1.94. The summed E-state index contributed by atoms with van der Waals surface area (Å²) >= 11 is 0. The maximum atomic E-state index is 12.5. The first-order chi connectivity index (χ1) is 8.22. The second-order valence-electron chi connectivity index (χ2n) is 5.73. The zero-order valence-electron chi connectivity index (χ0n) is 11.0. The first-order valence-corrected chi connectivity index (χ1v) is 7.26. The van der Waals surface area contributed by atoms with Crippen molar-refractivity contribution in [2.45, 2.75) is 57.9 Å². The second-order valence-corrected chi connectivity index (χ2v) is 5.73. The summed E-state index contributed by atoms with van der Waals surface area (Å²) in [5.41, 5.74) is 6.17. The van der Waals surface area contributed by atoms with Crippen LogP contribution in [0.1, 0.15) is 51.9 Å². The highest BCUT2D eigenvalue weighted by molar-refractivity contribution is 5.79. The van der Waals surface area contributed by atoms with Crippen LogP contribution in [0, 0.1) is 11.8 Å². The summed E-state index contributed by atoms with van der Waals surface area (Å²) < 4.78 is 0. The molecule has 0 bridgehead atoms. The largest absolute Gasteiger partial charge is 0.342 e. The lowest BCUT2D eigenvalue weighted by atomic mass is 9.94. The standard InChI is InChI=1S/C14H26N2O/c1-2-16(10-11-8-9-11)14(17)12-6-4-3-5-7-13(12)15/h11-13H,2-10,15H2,1H3. The number of nitrogens with zero attached hydrogens (tertiary/aromatic N) is 1. The van der Waals surface area contributed by atoms with Gasteiger partial charge in [0.15, 0.2) is 0 Å². The molecule has 2 fully saturated rings. The number of hydrogen-bond acceptors (Lipinski definition) is 2. The molecule has 2 aliphatic carbocycles. The Morgan fingerprint density at radius 3 is 2.53 bits per heavy atom. The lowest BCUT2D eigenvalue weighted by Gasteiger charge is -2.28. The summed E-state index contributed by atoms with van der Waals surface area (Å²) in [4.78, 5) is 14.6. The summed E-state index contributed by atoms with van der Waals surface area (Å²) in [5.74, 6) is 1.20. The van der Waals surface area contributed by atoms with Crippen molar-refractivity contribution in [3.05, 3.63) is 0 Å². The van der Waals surface area contributed by atoms with Crippen molar-refractivity contribution in [3.8, 4) is 0 Å². The van der Waals surface area contributed by atoms with Crippen LogP contribution in [0.3, 0.4) is 0 Å². The minimum Gasteiger partial charge on any atom is -0.342 e. The average Bonchev–Trinajstić information content (AvgIpc) is 3.13. The van der Waals surface area contributed by atoms with Gasteiger partial charge in [-0.2, -0.15) is 0 Å². The summed E-state index contributed by atoms with van der Waals surface area (Å²) in [5, 5.41) is 0. The normalized spacial score (nSPS) is 29.8. The van der Waals surface area contributed by atoms with Crippen LogP contribution >= 0.6 is 0 Å². The van der Waals surface area contributed by atoms with Gasteiger partial charge in [0.25, 0.3) is 0 Å². The maximum absolute atomic E-state index is 12.5. The smallest absolute Gasteiger partial charge is 0.227 e. The van der Waals surface area contributed by atoms with Gasteiger partial charge in [-0.05, 0) is 38.5 Å². The summed E-state index contributed by atoms with van der Waals surface area (Å²) in [6, 6.07) is 0.0956. The maximum Gasteiger partial charge on any atom is 0.227 e. The Morgan fingerprint density at radius 2 is 1.88 bits per heavy atom. The zero-order valence-corrected chi connectivity index (χ0v) is 11.0. The van der Waals surface area contributed by atoms with Gasteiger partial charge < -0.3 is 10.6 Å². The minimum absolute atomic E-state index is 0.0937. The molecule has 2 aliphatic rings. The minimum atomic E-state index is 0.0937. The van der Waals surface area contributed by atoms with Crippen molar-refractivity contribution in [1.82, 2.24) is 4.90 Å². The van der Waals surface area contributed by atoms with Crippen LogP contribution in [0.5, 0.6) is 0 Å². The van der Waals surface area contributed by atoms with Crippen molar-refractivity contribution < 1.29 is 4.79 Å². The summed E-state index contributed by atoms with van der Waals surface area (Å²) in [7, 11) is 0. The molecular weight excluding hydrogens is 212 g/mol. The second kappa shape index (κ2) is 5.85. The van der Waals surface area contributed by atoms with Crippen LogP contribution in [-0.2, 0) is 4.79 Å². The van der Waals surface area contributed by atoms with Crippen molar-refractivity contribution >= 4 is 5.91 Å². The van der Waals surface area contributed by atoms with E-state index in [0.717, 1.165) is 31.8 Å². The molecule has 98 valence electrons. The van der Waals surface area contributed by atoms with E-state index in [1.165, 1.54) is 32.1 Å². The van der Waals surface area contributed by atoms with E-state index in [-0.39, 0.29) is 12.0 Å². The number of carbonyl (C=O) groups excluding carboxylic acids is 1. The lowest BCUT2D eigenvalue weighted by molar-refractivity contribution is -0.136. The Kier molecular flexibility index (Phi) is 4.43. The third kappa shape index (κ3) is 3.44.